The molecule has 0 spiro atoms. The molecule has 0 atom stereocenters. The lowest BCUT2D eigenvalue weighted by Crippen LogP contribution is -1.98. The van der Waals surface area contributed by atoms with Gasteiger partial charge in [-0.15, -0.1) is 11.3 Å². The minimum Gasteiger partial charge on any atom is -0.476 e. The summed E-state index contributed by atoms with van der Waals surface area (Å²) in [5, 5.41) is 14.0. The fraction of sp³-hybridized carbons (Fsp3) is 0.308. The first-order chi connectivity index (χ1) is 9.01. The molecule has 0 bridgehead atoms. The van der Waals surface area contributed by atoms with E-state index in [-0.39, 0.29) is 5.69 Å². The van der Waals surface area contributed by atoms with Crippen molar-refractivity contribution < 1.29 is 9.90 Å². The van der Waals surface area contributed by atoms with Gasteiger partial charge in [-0.25, -0.2) is 9.78 Å². The summed E-state index contributed by atoms with van der Waals surface area (Å²) in [5.41, 5.74) is 2.19. The first kappa shape index (κ1) is 13.5. The number of rotatable bonds is 4. The number of hydrogen-bond acceptors (Lipinski definition) is 4. The van der Waals surface area contributed by atoms with E-state index < -0.39 is 5.97 Å². The average molecular weight is 277 g/mol. The van der Waals surface area contributed by atoms with Gasteiger partial charge in [0.25, 0.3) is 0 Å². The topological polar surface area (TPSA) is 68.0 Å². The van der Waals surface area contributed by atoms with Crippen LogP contribution in [0.1, 0.15) is 38.6 Å². The zero-order valence-corrected chi connectivity index (χ0v) is 11.9. The molecule has 2 rings (SSSR count). The third-order valence-electron chi connectivity index (χ3n) is 2.69. The molecule has 100 valence electrons. The van der Waals surface area contributed by atoms with Crippen molar-refractivity contribution >= 4 is 29.5 Å². The van der Waals surface area contributed by atoms with Crippen LogP contribution in [0.2, 0.25) is 0 Å². The van der Waals surface area contributed by atoms with Gasteiger partial charge in [-0.05, 0) is 25.5 Å². The third kappa shape index (κ3) is 2.90. The van der Waals surface area contributed by atoms with Crippen molar-refractivity contribution in [3.63, 3.8) is 0 Å². The summed E-state index contributed by atoms with van der Waals surface area (Å²) < 4.78 is 1.77. The highest BCUT2D eigenvalue weighted by molar-refractivity contribution is 7.12. The molecule has 6 heteroatoms. The Hall–Kier alpha value is -1.95. The molecule has 0 amide bonds. The SMILES string of the molecule is CCc1nn(C)cc1/C=C/c1nc(C(=O)O)c(C)s1. The van der Waals surface area contributed by atoms with Crippen LogP contribution in [0.5, 0.6) is 0 Å². The highest BCUT2D eigenvalue weighted by Crippen LogP contribution is 2.20. The number of nitrogens with zero attached hydrogens (tertiary/aromatic N) is 3. The maximum atomic E-state index is 10.9. The molecule has 0 fully saturated rings. The van der Waals surface area contributed by atoms with Crippen LogP contribution < -0.4 is 0 Å². The van der Waals surface area contributed by atoms with Crippen LogP contribution in [0.25, 0.3) is 12.2 Å². The van der Waals surface area contributed by atoms with Crippen LogP contribution >= 0.6 is 11.3 Å². The highest BCUT2D eigenvalue weighted by Gasteiger charge is 2.12. The Balaban J connectivity index is 2.27. The molecule has 5 nitrogen and oxygen atoms in total. The molecular weight excluding hydrogens is 262 g/mol. The summed E-state index contributed by atoms with van der Waals surface area (Å²) in [6, 6.07) is 0. The Bertz CT molecular complexity index is 640. The lowest BCUT2D eigenvalue weighted by atomic mass is 10.2. The summed E-state index contributed by atoms with van der Waals surface area (Å²) in [5.74, 6) is -0.982. The Morgan fingerprint density at radius 1 is 1.53 bits per heavy atom. The van der Waals surface area contributed by atoms with Gasteiger partial charge in [0.2, 0.25) is 0 Å². The molecule has 2 aromatic rings. The lowest BCUT2D eigenvalue weighted by molar-refractivity contribution is 0.0690. The summed E-state index contributed by atoms with van der Waals surface area (Å²) in [4.78, 5) is 15.7. The molecule has 2 aromatic heterocycles. The van der Waals surface area contributed by atoms with Gasteiger partial charge in [0.05, 0.1) is 5.69 Å². The number of aryl methyl sites for hydroxylation is 3. The van der Waals surface area contributed by atoms with E-state index >= 15 is 0 Å². The zero-order valence-electron chi connectivity index (χ0n) is 11.0. The molecule has 0 radical (unpaired) electrons. The number of hydrogen-bond donors (Lipinski definition) is 1. The minimum atomic E-state index is -0.982. The Kier molecular flexibility index (Phi) is 3.80. The highest BCUT2D eigenvalue weighted by atomic mass is 32.1. The Morgan fingerprint density at radius 3 is 2.84 bits per heavy atom. The number of aromatic carboxylic acids is 1. The third-order valence-corrected chi connectivity index (χ3v) is 3.63. The molecule has 0 aliphatic carbocycles. The quantitative estimate of drug-likeness (QED) is 0.932. The van der Waals surface area contributed by atoms with Crippen LogP contribution in [0.4, 0.5) is 0 Å². The average Bonchev–Trinajstić information content (AvgIpc) is 2.89. The van der Waals surface area contributed by atoms with Gasteiger partial charge in [-0.3, -0.25) is 4.68 Å². The molecule has 0 aromatic carbocycles. The molecule has 2 heterocycles. The van der Waals surface area contributed by atoms with Crippen LogP contribution in [0.3, 0.4) is 0 Å². The van der Waals surface area contributed by atoms with Crippen molar-refractivity contribution in [3.05, 3.63) is 33.0 Å². The maximum absolute atomic E-state index is 10.9. The molecule has 0 saturated carbocycles. The predicted octanol–water partition coefficient (Wildman–Crippen LogP) is 2.62. The number of aromatic nitrogens is 3. The molecular formula is C13H15N3O2S. The van der Waals surface area contributed by atoms with E-state index in [1.54, 1.807) is 11.6 Å². The number of carboxylic acids is 1. The van der Waals surface area contributed by atoms with Gasteiger partial charge < -0.3 is 5.11 Å². The van der Waals surface area contributed by atoms with Gasteiger partial charge in [-0.2, -0.15) is 5.10 Å². The Morgan fingerprint density at radius 2 is 2.26 bits per heavy atom. The van der Waals surface area contributed by atoms with Crippen molar-refractivity contribution in [2.45, 2.75) is 20.3 Å². The van der Waals surface area contributed by atoms with E-state index in [9.17, 15) is 4.79 Å². The first-order valence-corrected chi connectivity index (χ1v) is 6.74. The van der Waals surface area contributed by atoms with Gasteiger partial charge in [0, 0.05) is 23.7 Å². The largest absolute Gasteiger partial charge is 0.476 e. The molecule has 0 aliphatic rings. The lowest BCUT2D eigenvalue weighted by Gasteiger charge is -1.90. The molecule has 0 unspecified atom stereocenters. The monoisotopic (exact) mass is 277 g/mol. The second kappa shape index (κ2) is 5.36. The summed E-state index contributed by atoms with van der Waals surface area (Å²) >= 11 is 1.38. The minimum absolute atomic E-state index is 0.131. The van der Waals surface area contributed by atoms with Gasteiger partial charge in [0.1, 0.15) is 5.01 Å². The smallest absolute Gasteiger partial charge is 0.355 e. The van der Waals surface area contributed by atoms with Crippen molar-refractivity contribution in [1.29, 1.82) is 0 Å². The molecule has 19 heavy (non-hydrogen) atoms. The molecule has 0 saturated heterocycles. The second-order valence-electron chi connectivity index (χ2n) is 4.15. The van der Waals surface area contributed by atoms with Gasteiger partial charge in [0.15, 0.2) is 5.69 Å². The van der Waals surface area contributed by atoms with Crippen LogP contribution in [-0.4, -0.2) is 25.8 Å². The predicted molar refractivity (Wildman–Crippen MR) is 75.3 cm³/mol. The Labute approximate surface area is 115 Å². The fourth-order valence-electron chi connectivity index (χ4n) is 1.81. The molecule has 1 N–H and O–H groups in total. The van der Waals surface area contributed by atoms with Crippen molar-refractivity contribution in [1.82, 2.24) is 14.8 Å². The molecule has 0 aliphatic heterocycles. The van der Waals surface area contributed by atoms with Crippen LogP contribution in [-0.2, 0) is 13.5 Å². The van der Waals surface area contributed by atoms with E-state index in [0.717, 1.165) is 17.7 Å². The van der Waals surface area contributed by atoms with E-state index in [4.69, 9.17) is 5.11 Å². The van der Waals surface area contributed by atoms with E-state index in [1.165, 1.54) is 11.3 Å². The van der Waals surface area contributed by atoms with Crippen molar-refractivity contribution in [2.24, 2.45) is 7.05 Å². The van der Waals surface area contributed by atoms with E-state index in [0.29, 0.717) is 9.88 Å². The number of carbonyl (C=O) groups is 1. The van der Waals surface area contributed by atoms with E-state index in [1.807, 2.05) is 25.4 Å². The van der Waals surface area contributed by atoms with E-state index in [2.05, 4.69) is 17.0 Å². The summed E-state index contributed by atoms with van der Waals surface area (Å²) in [6.45, 7) is 3.82. The standard InChI is InChI=1S/C13H15N3O2S/c1-4-10-9(7-16(3)15-10)5-6-11-14-12(13(17)18)8(2)19-11/h5-7H,4H2,1-3H3,(H,17,18)/b6-5+. The second-order valence-corrected chi connectivity index (χ2v) is 5.39. The number of thiazole rings is 1. The first-order valence-electron chi connectivity index (χ1n) is 5.92. The van der Waals surface area contributed by atoms with Crippen LogP contribution in [0.15, 0.2) is 6.20 Å². The summed E-state index contributed by atoms with van der Waals surface area (Å²) in [7, 11) is 1.88. The normalized spacial score (nSPS) is 11.3. The number of carboxylic acid groups (broad SMARTS) is 1. The summed E-state index contributed by atoms with van der Waals surface area (Å²) in [6.07, 6.45) is 6.56. The van der Waals surface area contributed by atoms with Crippen molar-refractivity contribution in [3.8, 4) is 0 Å². The maximum Gasteiger partial charge on any atom is 0.355 e. The van der Waals surface area contributed by atoms with Gasteiger partial charge >= 0.3 is 5.97 Å². The van der Waals surface area contributed by atoms with Crippen LogP contribution in [0, 0.1) is 6.92 Å². The van der Waals surface area contributed by atoms with Gasteiger partial charge in [-0.1, -0.05) is 6.92 Å². The zero-order chi connectivity index (χ0) is 14.0. The van der Waals surface area contributed by atoms with Crippen molar-refractivity contribution in [2.75, 3.05) is 0 Å². The fourth-order valence-corrected chi connectivity index (χ4v) is 2.63.